The first-order valence-electron chi connectivity index (χ1n) is 9.51. The van der Waals surface area contributed by atoms with Gasteiger partial charge in [-0.1, -0.05) is 6.92 Å². The molecule has 7 heteroatoms. The molecular formula is C20H27N5O2. The summed E-state index contributed by atoms with van der Waals surface area (Å²) in [5.41, 5.74) is 2.37. The number of amides is 1. The first-order valence-corrected chi connectivity index (χ1v) is 9.51. The normalized spacial score (nSPS) is 14.5. The minimum atomic E-state index is -0.0636. The molecule has 7 nitrogen and oxygen atoms in total. The Kier molecular flexibility index (Phi) is 6.59. The predicted octanol–water partition coefficient (Wildman–Crippen LogP) is 2.75. The number of carbonyl (C=O) groups excluding carboxylic acids is 1. The molecular weight excluding hydrogens is 342 g/mol. The molecule has 2 N–H and O–H groups in total. The molecule has 1 saturated heterocycles. The molecule has 1 fully saturated rings. The van der Waals surface area contributed by atoms with E-state index >= 15 is 0 Å². The molecule has 0 spiro atoms. The minimum Gasteiger partial charge on any atom is -0.494 e. The van der Waals surface area contributed by atoms with Gasteiger partial charge in [-0.2, -0.15) is 0 Å². The molecule has 1 aliphatic rings. The number of anilines is 2. The molecule has 1 amide bonds. The Morgan fingerprint density at radius 2 is 2.11 bits per heavy atom. The molecule has 0 bridgehead atoms. The monoisotopic (exact) mass is 369 g/mol. The molecule has 144 valence electrons. The SMILES string of the molecule is CCCOc1ccc(Nc2ccc(C(=O)N3CCCNCC3)nn2)c(C)c1. The fourth-order valence-electron chi connectivity index (χ4n) is 2.95. The van der Waals surface area contributed by atoms with Crippen molar-refractivity contribution >= 4 is 17.4 Å². The highest BCUT2D eigenvalue weighted by atomic mass is 16.5. The Balaban J connectivity index is 1.64. The summed E-state index contributed by atoms with van der Waals surface area (Å²) < 4.78 is 5.65. The number of carbonyl (C=O) groups is 1. The molecule has 0 aliphatic carbocycles. The number of hydrogen-bond acceptors (Lipinski definition) is 6. The lowest BCUT2D eigenvalue weighted by Crippen LogP contribution is -2.34. The summed E-state index contributed by atoms with van der Waals surface area (Å²) in [4.78, 5) is 14.4. The third-order valence-corrected chi connectivity index (χ3v) is 4.44. The summed E-state index contributed by atoms with van der Waals surface area (Å²) in [6, 6.07) is 9.41. The Bertz CT molecular complexity index is 755. The van der Waals surface area contributed by atoms with Gasteiger partial charge in [0.2, 0.25) is 0 Å². The van der Waals surface area contributed by atoms with Gasteiger partial charge >= 0.3 is 0 Å². The Morgan fingerprint density at radius 1 is 1.22 bits per heavy atom. The van der Waals surface area contributed by atoms with Crippen LogP contribution >= 0.6 is 0 Å². The summed E-state index contributed by atoms with van der Waals surface area (Å²) in [6.07, 6.45) is 1.93. The number of aryl methyl sites for hydroxylation is 1. The highest BCUT2D eigenvalue weighted by Gasteiger charge is 2.18. The number of aromatic nitrogens is 2. The average Bonchev–Trinajstić information content (AvgIpc) is 2.98. The van der Waals surface area contributed by atoms with E-state index in [9.17, 15) is 4.79 Å². The standard InChI is InChI=1S/C20H27N5O2/c1-3-13-27-16-5-6-17(15(2)14-16)22-19-8-7-18(23-24-19)20(26)25-11-4-9-21-10-12-25/h5-8,14,21H,3-4,9-13H2,1-2H3,(H,22,24). The van der Waals surface area contributed by atoms with Crippen LogP contribution in [0, 0.1) is 6.92 Å². The molecule has 3 rings (SSSR count). The fraction of sp³-hybridized carbons (Fsp3) is 0.450. The van der Waals surface area contributed by atoms with E-state index < -0.39 is 0 Å². The number of nitrogens with zero attached hydrogens (tertiary/aromatic N) is 3. The maximum absolute atomic E-state index is 12.6. The number of rotatable bonds is 6. The van der Waals surface area contributed by atoms with Crippen molar-refractivity contribution in [1.82, 2.24) is 20.4 Å². The zero-order chi connectivity index (χ0) is 19.1. The van der Waals surface area contributed by atoms with Gasteiger partial charge in [0.15, 0.2) is 11.5 Å². The molecule has 1 aromatic carbocycles. The van der Waals surface area contributed by atoms with Gasteiger partial charge in [-0.3, -0.25) is 4.79 Å². The average molecular weight is 369 g/mol. The van der Waals surface area contributed by atoms with E-state index in [-0.39, 0.29) is 5.91 Å². The number of hydrogen-bond donors (Lipinski definition) is 2. The van der Waals surface area contributed by atoms with Crippen molar-refractivity contribution in [3.8, 4) is 5.75 Å². The van der Waals surface area contributed by atoms with Gasteiger partial charge in [-0.05, 0) is 62.2 Å². The molecule has 0 unspecified atom stereocenters. The van der Waals surface area contributed by atoms with Crippen molar-refractivity contribution < 1.29 is 9.53 Å². The molecule has 0 radical (unpaired) electrons. The third kappa shape index (κ3) is 5.17. The first-order chi connectivity index (χ1) is 13.2. The van der Waals surface area contributed by atoms with Gasteiger partial charge < -0.3 is 20.3 Å². The van der Waals surface area contributed by atoms with Crippen LogP contribution in [0.15, 0.2) is 30.3 Å². The van der Waals surface area contributed by atoms with E-state index in [1.54, 1.807) is 12.1 Å². The lowest BCUT2D eigenvalue weighted by molar-refractivity contribution is 0.0759. The van der Waals surface area contributed by atoms with E-state index in [1.807, 2.05) is 30.0 Å². The first kappa shape index (κ1) is 19.1. The van der Waals surface area contributed by atoms with Crippen molar-refractivity contribution in [2.45, 2.75) is 26.7 Å². The minimum absolute atomic E-state index is 0.0636. The maximum atomic E-state index is 12.6. The van der Waals surface area contributed by atoms with Gasteiger partial charge in [-0.25, -0.2) is 0 Å². The van der Waals surface area contributed by atoms with E-state index in [4.69, 9.17) is 4.74 Å². The summed E-state index contributed by atoms with van der Waals surface area (Å²) in [5.74, 6) is 1.40. The van der Waals surface area contributed by atoms with Gasteiger partial charge in [0.05, 0.1) is 6.61 Å². The maximum Gasteiger partial charge on any atom is 0.274 e. The molecule has 27 heavy (non-hydrogen) atoms. The van der Waals surface area contributed by atoms with Crippen molar-refractivity contribution in [2.75, 3.05) is 38.1 Å². The Hall–Kier alpha value is -2.67. The predicted molar refractivity (Wildman–Crippen MR) is 106 cm³/mol. The highest BCUT2D eigenvalue weighted by molar-refractivity contribution is 5.92. The van der Waals surface area contributed by atoms with Crippen LogP contribution in [-0.2, 0) is 0 Å². The van der Waals surface area contributed by atoms with Crippen LogP contribution < -0.4 is 15.4 Å². The largest absolute Gasteiger partial charge is 0.494 e. The van der Waals surface area contributed by atoms with E-state index in [0.717, 1.165) is 49.5 Å². The van der Waals surface area contributed by atoms with Gasteiger partial charge in [0.25, 0.3) is 5.91 Å². The molecule has 0 atom stereocenters. The number of benzene rings is 1. The van der Waals surface area contributed by atoms with Gasteiger partial charge in [0, 0.05) is 25.3 Å². The second-order valence-electron chi connectivity index (χ2n) is 6.65. The van der Waals surface area contributed by atoms with E-state index in [0.29, 0.717) is 24.7 Å². The van der Waals surface area contributed by atoms with Crippen LogP contribution in [-0.4, -0.2) is 53.8 Å². The summed E-state index contributed by atoms with van der Waals surface area (Å²) >= 11 is 0. The molecule has 2 heterocycles. The van der Waals surface area contributed by atoms with Crippen LogP contribution in [0.3, 0.4) is 0 Å². The van der Waals surface area contributed by atoms with Crippen molar-refractivity contribution in [3.63, 3.8) is 0 Å². The molecule has 2 aromatic rings. The molecule has 1 aliphatic heterocycles. The summed E-state index contributed by atoms with van der Waals surface area (Å²) in [5, 5.41) is 14.8. The third-order valence-electron chi connectivity index (χ3n) is 4.44. The second-order valence-corrected chi connectivity index (χ2v) is 6.65. The van der Waals surface area contributed by atoms with E-state index in [2.05, 4.69) is 27.8 Å². The topological polar surface area (TPSA) is 79.4 Å². The Labute approximate surface area is 160 Å². The van der Waals surface area contributed by atoms with Gasteiger partial charge in [0.1, 0.15) is 5.75 Å². The molecule has 0 saturated carbocycles. The fourth-order valence-corrected chi connectivity index (χ4v) is 2.95. The molecule has 1 aromatic heterocycles. The summed E-state index contributed by atoms with van der Waals surface area (Å²) in [6.45, 7) is 8.01. The number of nitrogens with one attached hydrogen (secondary N) is 2. The lowest BCUT2D eigenvalue weighted by atomic mass is 10.2. The van der Waals surface area contributed by atoms with E-state index in [1.165, 1.54) is 0 Å². The van der Waals surface area contributed by atoms with Gasteiger partial charge in [-0.15, -0.1) is 10.2 Å². The summed E-state index contributed by atoms with van der Waals surface area (Å²) in [7, 11) is 0. The zero-order valence-corrected chi connectivity index (χ0v) is 16.0. The zero-order valence-electron chi connectivity index (χ0n) is 16.0. The van der Waals surface area contributed by atoms with Crippen molar-refractivity contribution in [3.05, 3.63) is 41.6 Å². The van der Waals surface area contributed by atoms with Crippen LogP contribution in [0.2, 0.25) is 0 Å². The smallest absolute Gasteiger partial charge is 0.274 e. The van der Waals surface area contributed by atoms with Crippen molar-refractivity contribution in [1.29, 1.82) is 0 Å². The van der Waals surface area contributed by atoms with Crippen LogP contribution in [0.5, 0.6) is 5.75 Å². The lowest BCUT2D eigenvalue weighted by Gasteiger charge is -2.19. The Morgan fingerprint density at radius 3 is 2.85 bits per heavy atom. The van der Waals surface area contributed by atoms with Crippen LogP contribution in [0.25, 0.3) is 0 Å². The highest BCUT2D eigenvalue weighted by Crippen LogP contribution is 2.24. The second kappa shape index (κ2) is 9.32. The number of ether oxygens (including phenoxy) is 1. The van der Waals surface area contributed by atoms with Crippen LogP contribution in [0.4, 0.5) is 11.5 Å². The van der Waals surface area contributed by atoms with Crippen LogP contribution in [0.1, 0.15) is 35.8 Å². The quantitative estimate of drug-likeness (QED) is 0.815. The van der Waals surface area contributed by atoms with Crippen molar-refractivity contribution in [2.24, 2.45) is 0 Å².